The van der Waals surface area contributed by atoms with E-state index in [1.165, 1.54) is 5.56 Å². The molecule has 2 aromatic rings. The van der Waals surface area contributed by atoms with E-state index in [2.05, 4.69) is 19.9 Å². The molecule has 126 valence electrons. The Bertz CT molecular complexity index is 831. The molecule has 23 heavy (non-hydrogen) atoms. The first-order valence-electron chi connectivity index (χ1n) is 8.12. The van der Waals surface area contributed by atoms with Crippen molar-refractivity contribution in [3.8, 4) is 0 Å². The average Bonchev–Trinajstić information content (AvgIpc) is 2.42. The van der Waals surface area contributed by atoms with Gasteiger partial charge in [-0.25, -0.2) is 0 Å². The molecular formula is C19H26O3S. The molecular weight excluding hydrogens is 308 g/mol. The SMILES string of the molecule is CC(C)c1cc2c(C(C)C)cccc2c(C(C)C)c1S(=O)(=O)O. The van der Waals surface area contributed by atoms with Gasteiger partial charge in [-0.15, -0.1) is 0 Å². The fourth-order valence-corrected chi connectivity index (χ4v) is 4.49. The van der Waals surface area contributed by atoms with Crippen molar-refractivity contribution in [2.24, 2.45) is 0 Å². The molecule has 2 rings (SSSR count). The van der Waals surface area contributed by atoms with E-state index in [0.29, 0.717) is 11.5 Å². The third-order valence-electron chi connectivity index (χ3n) is 4.32. The van der Waals surface area contributed by atoms with E-state index in [1.807, 2.05) is 45.9 Å². The minimum Gasteiger partial charge on any atom is -0.282 e. The molecule has 0 aliphatic rings. The van der Waals surface area contributed by atoms with Gasteiger partial charge in [-0.05, 0) is 51.3 Å². The summed E-state index contributed by atoms with van der Waals surface area (Å²) >= 11 is 0. The largest absolute Gasteiger partial charge is 0.295 e. The Hall–Kier alpha value is -1.39. The highest BCUT2D eigenvalue weighted by molar-refractivity contribution is 7.86. The number of fused-ring (bicyclic) bond motifs is 1. The smallest absolute Gasteiger partial charge is 0.282 e. The highest BCUT2D eigenvalue weighted by Crippen LogP contribution is 2.39. The monoisotopic (exact) mass is 334 g/mol. The molecule has 0 atom stereocenters. The summed E-state index contributed by atoms with van der Waals surface area (Å²) in [6.45, 7) is 12.1. The van der Waals surface area contributed by atoms with Gasteiger partial charge in [0.05, 0.1) is 0 Å². The lowest BCUT2D eigenvalue weighted by atomic mass is 9.86. The zero-order chi connectivity index (χ0) is 17.5. The maximum atomic E-state index is 12.1. The topological polar surface area (TPSA) is 54.4 Å². The lowest BCUT2D eigenvalue weighted by molar-refractivity contribution is 0.479. The fourth-order valence-electron chi connectivity index (χ4n) is 3.27. The Kier molecular flexibility index (Phi) is 4.88. The van der Waals surface area contributed by atoms with Crippen LogP contribution in [0.25, 0.3) is 10.8 Å². The van der Waals surface area contributed by atoms with Gasteiger partial charge in [-0.2, -0.15) is 8.42 Å². The molecule has 0 bridgehead atoms. The number of hydrogen-bond donors (Lipinski definition) is 1. The Labute approximate surface area is 139 Å². The zero-order valence-corrected chi connectivity index (χ0v) is 15.5. The van der Waals surface area contributed by atoms with E-state index >= 15 is 0 Å². The van der Waals surface area contributed by atoms with Crippen LogP contribution in [0.5, 0.6) is 0 Å². The molecule has 0 fully saturated rings. The molecule has 0 spiro atoms. The first-order chi connectivity index (χ1) is 10.6. The third-order valence-corrected chi connectivity index (χ3v) is 5.29. The second kappa shape index (κ2) is 6.25. The Balaban J connectivity index is 3.11. The van der Waals surface area contributed by atoms with Crippen LogP contribution in [0.1, 0.15) is 76.0 Å². The summed E-state index contributed by atoms with van der Waals surface area (Å²) in [5, 5.41) is 2.01. The molecule has 0 unspecified atom stereocenters. The standard InChI is InChI=1S/C19H26O3S/c1-11(2)14-8-7-9-15-17(14)10-16(12(3)4)19(23(20,21)22)18(15)13(5)6/h7-13H,1-6H3,(H,20,21,22). The van der Waals surface area contributed by atoms with Gasteiger partial charge in [-0.3, -0.25) is 4.55 Å². The summed E-state index contributed by atoms with van der Waals surface area (Å²) < 4.78 is 34.1. The maximum Gasteiger partial charge on any atom is 0.295 e. The van der Waals surface area contributed by atoms with Crippen LogP contribution in [0.2, 0.25) is 0 Å². The third kappa shape index (κ3) is 3.29. The van der Waals surface area contributed by atoms with Crippen molar-refractivity contribution in [3.63, 3.8) is 0 Å². The van der Waals surface area contributed by atoms with E-state index in [9.17, 15) is 13.0 Å². The number of benzene rings is 2. The van der Waals surface area contributed by atoms with E-state index in [0.717, 1.165) is 16.3 Å². The van der Waals surface area contributed by atoms with Crippen molar-refractivity contribution >= 4 is 20.9 Å². The normalized spacial score (nSPS) is 12.8. The van der Waals surface area contributed by atoms with Gasteiger partial charge < -0.3 is 0 Å². The molecule has 0 aromatic heterocycles. The number of hydrogen-bond acceptors (Lipinski definition) is 2. The summed E-state index contributed by atoms with van der Waals surface area (Å²) in [6, 6.07) is 7.96. The first-order valence-corrected chi connectivity index (χ1v) is 9.56. The minimum atomic E-state index is -4.28. The van der Waals surface area contributed by atoms with Crippen molar-refractivity contribution < 1.29 is 13.0 Å². The van der Waals surface area contributed by atoms with Crippen molar-refractivity contribution in [1.82, 2.24) is 0 Å². The van der Waals surface area contributed by atoms with Gasteiger partial charge in [0, 0.05) is 0 Å². The molecule has 0 radical (unpaired) electrons. The van der Waals surface area contributed by atoms with Crippen molar-refractivity contribution in [1.29, 1.82) is 0 Å². The van der Waals surface area contributed by atoms with Gasteiger partial charge in [0.25, 0.3) is 10.1 Å². The van der Waals surface area contributed by atoms with Crippen LogP contribution in [0.3, 0.4) is 0 Å². The Morgan fingerprint density at radius 2 is 1.39 bits per heavy atom. The van der Waals surface area contributed by atoms with E-state index < -0.39 is 10.1 Å². The number of rotatable bonds is 4. The second-order valence-corrected chi connectivity index (χ2v) is 8.45. The minimum absolute atomic E-state index is 0.00413. The summed E-state index contributed by atoms with van der Waals surface area (Å²) in [7, 11) is -4.28. The van der Waals surface area contributed by atoms with Crippen LogP contribution < -0.4 is 0 Å². The van der Waals surface area contributed by atoms with Crippen LogP contribution in [0, 0.1) is 0 Å². The Morgan fingerprint density at radius 3 is 1.83 bits per heavy atom. The van der Waals surface area contributed by atoms with Gasteiger partial charge in [0.2, 0.25) is 0 Å². The summed E-state index contributed by atoms with van der Waals surface area (Å²) in [5.41, 5.74) is 2.61. The van der Waals surface area contributed by atoms with Crippen LogP contribution in [0.15, 0.2) is 29.2 Å². The molecule has 0 aliphatic heterocycles. The Morgan fingerprint density at radius 1 is 0.826 bits per heavy atom. The molecule has 3 nitrogen and oxygen atoms in total. The van der Waals surface area contributed by atoms with E-state index in [4.69, 9.17) is 0 Å². The summed E-state index contributed by atoms with van der Waals surface area (Å²) in [4.78, 5) is 0.0934. The fraction of sp³-hybridized carbons (Fsp3) is 0.474. The molecule has 0 saturated heterocycles. The molecule has 1 N–H and O–H groups in total. The average molecular weight is 334 g/mol. The van der Waals surface area contributed by atoms with E-state index in [1.54, 1.807) is 0 Å². The van der Waals surface area contributed by atoms with E-state index in [-0.39, 0.29) is 16.7 Å². The van der Waals surface area contributed by atoms with Crippen LogP contribution in [0.4, 0.5) is 0 Å². The van der Waals surface area contributed by atoms with Crippen molar-refractivity contribution in [2.75, 3.05) is 0 Å². The predicted molar refractivity (Wildman–Crippen MR) is 96.0 cm³/mol. The van der Waals surface area contributed by atoms with Gasteiger partial charge >= 0.3 is 0 Å². The van der Waals surface area contributed by atoms with Crippen LogP contribution in [-0.2, 0) is 10.1 Å². The first kappa shape index (κ1) is 18.0. The second-order valence-electron chi connectivity index (χ2n) is 7.09. The zero-order valence-electron chi connectivity index (χ0n) is 14.7. The predicted octanol–water partition coefficient (Wildman–Crippen LogP) is 5.46. The van der Waals surface area contributed by atoms with Gasteiger partial charge in [0.1, 0.15) is 4.90 Å². The molecule has 0 aliphatic carbocycles. The van der Waals surface area contributed by atoms with Crippen LogP contribution in [-0.4, -0.2) is 13.0 Å². The molecule has 2 aromatic carbocycles. The molecule has 0 saturated carbocycles. The quantitative estimate of drug-likeness (QED) is 0.756. The molecule has 4 heteroatoms. The summed E-state index contributed by atoms with van der Waals surface area (Å²) in [5.74, 6) is 0.347. The molecule has 0 heterocycles. The van der Waals surface area contributed by atoms with Crippen molar-refractivity contribution in [2.45, 2.75) is 64.2 Å². The van der Waals surface area contributed by atoms with Gasteiger partial charge in [0.15, 0.2) is 0 Å². The maximum absolute atomic E-state index is 12.1. The lowest BCUT2D eigenvalue weighted by Crippen LogP contribution is -2.11. The molecule has 0 amide bonds. The lowest BCUT2D eigenvalue weighted by Gasteiger charge is -2.22. The van der Waals surface area contributed by atoms with Crippen molar-refractivity contribution in [3.05, 3.63) is 41.0 Å². The van der Waals surface area contributed by atoms with Gasteiger partial charge in [-0.1, -0.05) is 59.7 Å². The highest BCUT2D eigenvalue weighted by Gasteiger charge is 2.26. The summed E-state index contributed by atoms with van der Waals surface area (Å²) in [6.07, 6.45) is 0. The highest BCUT2D eigenvalue weighted by atomic mass is 32.2. The van der Waals surface area contributed by atoms with Crippen LogP contribution >= 0.6 is 0 Å².